The maximum atomic E-state index is 13.0. The van der Waals surface area contributed by atoms with E-state index in [0.29, 0.717) is 17.5 Å². The number of pyridine rings is 1. The van der Waals surface area contributed by atoms with Gasteiger partial charge in [0.2, 0.25) is 0 Å². The molecule has 148 valence electrons. The first kappa shape index (κ1) is 20.5. The van der Waals surface area contributed by atoms with E-state index in [-0.39, 0.29) is 17.6 Å². The number of amides is 1. The van der Waals surface area contributed by atoms with Gasteiger partial charge in [-0.25, -0.2) is 0 Å². The van der Waals surface area contributed by atoms with E-state index in [1.807, 2.05) is 49.4 Å². The fraction of sp³-hybridized carbons (Fsp3) is 0.240. The summed E-state index contributed by atoms with van der Waals surface area (Å²) in [5.74, 6) is -0.0368. The number of Topliss-reactive ketones (excluding diaryl/α,β-unsaturated/α-hetero) is 1. The number of ketones is 1. The molecule has 0 saturated heterocycles. The average molecular weight is 386 g/mol. The van der Waals surface area contributed by atoms with Crippen LogP contribution in [0.2, 0.25) is 0 Å². The van der Waals surface area contributed by atoms with Gasteiger partial charge in [0.15, 0.2) is 5.78 Å². The predicted octanol–water partition coefficient (Wildman–Crippen LogP) is 4.81. The number of hydrogen-bond donors (Lipinski definition) is 0. The molecule has 0 spiro atoms. The summed E-state index contributed by atoms with van der Waals surface area (Å²) in [5.41, 5.74) is 5.43. The molecule has 0 radical (unpaired) electrons. The summed E-state index contributed by atoms with van der Waals surface area (Å²) in [6.07, 6.45) is 2.03. The van der Waals surface area contributed by atoms with E-state index in [9.17, 15) is 9.59 Å². The molecule has 1 aromatic heterocycles. The van der Waals surface area contributed by atoms with Crippen molar-refractivity contribution in [2.24, 2.45) is 0 Å². The topological polar surface area (TPSA) is 50.3 Å². The predicted molar refractivity (Wildman–Crippen MR) is 115 cm³/mol. The van der Waals surface area contributed by atoms with E-state index in [4.69, 9.17) is 0 Å². The van der Waals surface area contributed by atoms with E-state index in [2.05, 4.69) is 24.0 Å². The lowest BCUT2D eigenvalue weighted by Crippen LogP contribution is -2.21. The summed E-state index contributed by atoms with van der Waals surface area (Å²) < 4.78 is 0. The quantitative estimate of drug-likeness (QED) is 0.572. The van der Waals surface area contributed by atoms with Crippen LogP contribution in [0.4, 0.5) is 0 Å². The lowest BCUT2D eigenvalue weighted by Gasteiger charge is -2.20. The zero-order valence-electron chi connectivity index (χ0n) is 17.3. The lowest BCUT2D eigenvalue weighted by molar-refractivity contribution is 0.0827. The molecular formula is C25H26N2O2. The fourth-order valence-electron chi connectivity index (χ4n) is 3.52. The van der Waals surface area contributed by atoms with Crippen LogP contribution in [0, 0.1) is 13.8 Å². The van der Waals surface area contributed by atoms with Crippen LogP contribution in [0.5, 0.6) is 0 Å². The number of carbonyl (C=O) groups is 2. The average Bonchev–Trinajstić information content (AvgIpc) is 2.72. The first-order valence-electron chi connectivity index (χ1n) is 9.70. The summed E-state index contributed by atoms with van der Waals surface area (Å²) >= 11 is 0. The minimum absolute atomic E-state index is 0.0349. The monoisotopic (exact) mass is 386 g/mol. The summed E-state index contributed by atoms with van der Waals surface area (Å²) in [6.45, 7) is 3.95. The van der Waals surface area contributed by atoms with Crippen molar-refractivity contribution < 1.29 is 9.59 Å². The Hall–Kier alpha value is -3.27. The molecule has 4 nitrogen and oxygen atoms in total. The summed E-state index contributed by atoms with van der Waals surface area (Å²) in [5, 5.41) is 0. The Morgan fingerprint density at radius 2 is 1.62 bits per heavy atom. The van der Waals surface area contributed by atoms with Crippen molar-refractivity contribution in [1.29, 1.82) is 0 Å². The third kappa shape index (κ3) is 4.77. The van der Waals surface area contributed by atoms with Crippen LogP contribution in [0.3, 0.4) is 0 Å². The molecule has 0 saturated carbocycles. The third-order valence-corrected chi connectivity index (χ3v) is 5.14. The van der Waals surface area contributed by atoms with Crippen LogP contribution in [-0.2, 0) is 0 Å². The highest BCUT2D eigenvalue weighted by molar-refractivity contribution is 5.97. The molecule has 3 aromatic rings. The van der Waals surface area contributed by atoms with Crippen molar-refractivity contribution in [2.75, 3.05) is 14.1 Å². The van der Waals surface area contributed by atoms with Crippen molar-refractivity contribution in [3.05, 3.63) is 100 Å². The highest BCUT2D eigenvalue weighted by Gasteiger charge is 2.21. The van der Waals surface area contributed by atoms with Gasteiger partial charge in [0.25, 0.3) is 5.91 Å². The van der Waals surface area contributed by atoms with Crippen LogP contribution >= 0.6 is 0 Å². The van der Waals surface area contributed by atoms with Crippen molar-refractivity contribution in [2.45, 2.75) is 26.2 Å². The molecule has 0 aliphatic carbocycles. The molecule has 29 heavy (non-hydrogen) atoms. The van der Waals surface area contributed by atoms with Gasteiger partial charge in [-0.3, -0.25) is 14.6 Å². The zero-order chi connectivity index (χ0) is 21.0. The number of rotatable bonds is 6. The molecule has 1 atom stereocenters. The van der Waals surface area contributed by atoms with Crippen LogP contribution in [0.15, 0.2) is 66.9 Å². The molecule has 0 unspecified atom stereocenters. The number of aryl methyl sites for hydroxylation is 2. The second kappa shape index (κ2) is 8.82. The minimum Gasteiger partial charge on any atom is -0.345 e. The molecule has 2 aromatic carbocycles. The van der Waals surface area contributed by atoms with Gasteiger partial charge in [-0.15, -0.1) is 0 Å². The highest BCUT2D eigenvalue weighted by Crippen LogP contribution is 2.32. The SMILES string of the molecule is Cc1cc(C(=O)C[C@H](c2ccc(C(=O)N(C)C)cc2)c2ccccc2C)ccn1. The first-order chi connectivity index (χ1) is 13.9. The first-order valence-corrected chi connectivity index (χ1v) is 9.70. The highest BCUT2D eigenvalue weighted by atomic mass is 16.2. The van der Waals surface area contributed by atoms with E-state index < -0.39 is 0 Å². The van der Waals surface area contributed by atoms with Gasteiger partial charge >= 0.3 is 0 Å². The molecule has 0 bridgehead atoms. The Morgan fingerprint density at radius 3 is 2.24 bits per heavy atom. The normalized spacial score (nSPS) is 11.7. The molecule has 0 fully saturated rings. The van der Waals surface area contributed by atoms with Crippen molar-refractivity contribution in [3.63, 3.8) is 0 Å². The largest absolute Gasteiger partial charge is 0.345 e. The molecule has 0 aliphatic rings. The smallest absolute Gasteiger partial charge is 0.253 e. The van der Waals surface area contributed by atoms with Crippen LogP contribution < -0.4 is 0 Å². The molecule has 0 N–H and O–H groups in total. The number of benzene rings is 2. The van der Waals surface area contributed by atoms with E-state index in [1.165, 1.54) is 0 Å². The molecule has 4 heteroatoms. The van der Waals surface area contributed by atoms with E-state index in [0.717, 1.165) is 22.4 Å². The van der Waals surface area contributed by atoms with E-state index >= 15 is 0 Å². The number of carbonyl (C=O) groups excluding carboxylic acids is 2. The minimum atomic E-state index is -0.0827. The van der Waals surface area contributed by atoms with Crippen LogP contribution in [0.25, 0.3) is 0 Å². The molecule has 3 rings (SSSR count). The lowest BCUT2D eigenvalue weighted by atomic mass is 9.83. The zero-order valence-corrected chi connectivity index (χ0v) is 17.3. The van der Waals surface area contributed by atoms with Gasteiger partial charge in [0.05, 0.1) is 0 Å². The number of aromatic nitrogens is 1. The van der Waals surface area contributed by atoms with Crippen molar-refractivity contribution in [1.82, 2.24) is 9.88 Å². The molecule has 1 amide bonds. The fourth-order valence-corrected chi connectivity index (χ4v) is 3.52. The Labute approximate surface area is 172 Å². The second-order valence-corrected chi connectivity index (χ2v) is 7.54. The van der Waals surface area contributed by atoms with Crippen LogP contribution in [0.1, 0.15) is 55.4 Å². The Kier molecular flexibility index (Phi) is 6.23. The number of hydrogen-bond acceptors (Lipinski definition) is 3. The second-order valence-electron chi connectivity index (χ2n) is 7.54. The van der Waals surface area contributed by atoms with Gasteiger partial charge in [-0.1, -0.05) is 36.4 Å². The summed E-state index contributed by atoms with van der Waals surface area (Å²) in [6, 6.07) is 19.3. The number of nitrogens with zero attached hydrogens (tertiary/aromatic N) is 2. The Balaban J connectivity index is 1.97. The maximum absolute atomic E-state index is 13.0. The van der Waals surface area contributed by atoms with Crippen molar-refractivity contribution >= 4 is 11.7 Å². The summed E-state index contributed by atoms with van der Waals surface area (Å²) in [7, 11) is 3.48. The molecule has 1 heterocycles. The molecular weight excluding hydrogens is 360 g/mol. The Morgan fingerprint density at radius 1 is 0.931 bits per heavy atom. The van der Waals surface area contributed by atoms with E-state index in [1.54, 1.807) is 31.3 Å². The Bertz CT molecular complexity index is 1020. The standard InChI is InChI=1S/C25H26N2O2/c1-17-7-5-6-8-22(17)23(16-24(28)21-13-14-26-18(2)15-21)19-9-11-20(12-10-19)25(29)27(3)4/h5-15,23H,16H2,1-4H3/t23-/m1/s1. The van der Waals surface area contributed by atoms with Crippen LogP contribution in [-0.4, -0.2) is 35.7 Å². The third-order valence-electron chi connectivity index (χ3n) is 5.14. The van der Waals surface area contributed by atoms with Gasteiger partial charge in [0, 0.05) is 49.5 Å². The van der Waals surface area contributed by atoms with Gasteiger partial charge < -0.3 is 4.90 Å². The van der Waals surface area contributed by atoms with Gasteiger partial charge in [0.1, 0.15) is 0 Å². The van der Waals surface area contributed by atoms with Gasteiger partial charge in [-0.05, 0) is 54.8 Å². The summed E-state index contributed by atoms with van der Waals surface area (Å²) in [4.78, 5) is 31.0. The maximum Gasteiger partial charge on any atom is 0.253 e. The van der Waals surface area contributed by atoms with Gasteiger partial charge in [-0.2, -0.15) is 0 Å². The van der Waals surface area contributed by atoms with Crippen molar-refractivity contribution in [3.8, 4) is 0 Å². The molecule has 0 aliphatic heterocycles.